The van der Waals surface area contributed by atoms with Gasteiger partial charge in [-0.2, -0.15) is 11.8 Å². The molecular weight excluding hydrogens is 224 g/mol. The number of carbonyl (C=O) groups excluding carboxylic acids is 1. The van der Waals surface area contributed by atoms with E-state index < -0.39 is 5.91 Å². The third kappa shape index (κ3) is 2.38. The summed E-state index contributed by atoms with van der Waals surface area (Å²) in [7, 11) is 0. The summed E-state index contributed by atoms with van der Waals surface area (Å²) in [6.45, 7) is 0. The Morgan fingerprint density at radius 3 is 3.06 bits per heavy atom. The van der Waals surface area contributed by atoms with Crippen molar-refractivity contribution in [2.45, 2.75) is 12.5 Å². The minimum absolute atomic E-state index is 0.358. The predicted octanol–water partition coefficient (Wildman–Crippen LogP) is 0.680. The Kier molecular flexibility index (Phi) is 3.19. The second kappa shape index (κ2) is 4.61. The van der Waals surface area contributed by atoms with E-state index >= 15 is 0 Å². The molecule has 5 nitrogen and oxygen atoms in total. The van der Waals surface area contributed by atoms with Crippen molar-refractivity contribution in [1.29, 1.82) is 0 Å². The van der Waals surface area contributed by atoms with E-state index in [0.29, 0.717) is 23.1 Å². The normalized spacial score (nSPS) is 19.6. The molecule has 1 aromatic rings. The number of primary amides is 1. The predicted molar refractivity (Wildman–Crippen MR) is 66.5 cm³/mol. The number of thioether (sulfide) groups is 1. The molecule has 6 heteroatoms. The molecule has 1 aliphatic heterocycles. The number of pyridine rings is 1. The highest BCUT2D eigenvalue weighted by Gasteiger charge is 2.18. The van der Waals surface area contributed by atoms with Gasteiger partial charge in [-0.3, -0.25) is 4.79 Å². The fourth-order valence-corrected chi connectivity index (χ4v) is 2.78. The molecule has 5 N–H and O–H groups in total. The fraction of sp³-hybridized carbons (Fsp3) is 0.400. The van der Waals surface area contributed by atoms with Gasteiger partial charge < -0.3 is 16.8 Å². The minimum atomic E-state index is -0.507. The van der Waals surface area contributed by atoms with Crippen LogP contribution in [-0.4, -0.2) is 28.4 Å². The van der Waals surface area contributed by atoms with Gasteiger partial charge in [0.1, 0.15) is 5.82 Å². The summed E-state index contributed by atoms with van der Waals surface area (Å²) in [5.41, 5.74) is 11.7. The van der Waals surface area contributed by atoms with Crippen molar-refractivity contribution in [3.63, 3.8) is 0 Å². The van der Waals surface area contributed by atoms with Crippen molar-refractivity contribution in [3.8, 4) is 0 Å². The Morgan fingerprint density at radius 1 is 1.62 bits per heavy atom. The third-order valence-electron chi connectivity index (χ3n) is 2.44. The first-order chi connectivity index (χ1) is 7.66. The molecule has 1 saturated heterocycles. The zero-order valence-electron chi connectivity index (χ0n) is 8.77. The molecule has 0 aromatic carbocycles. The highest BCUT2D eigenvalue weighted by atomic mass is 32.2. The summed E-state index contributed by atoms with van der Waals surface area (Å²) < 4.78 is 0. The van der Waals surface area contributed by atoms with Crippen molar-refractivity contribution in [2.24, 2.45) is 5.73 Å². The van der Waals surface area contributed by atoms with Gasteiger partial charge in [0.2, 0.25) is 0 Å². The number of carbonyl (C=O) groups is 1. The Morgan fingerprint density at radius 2 is 2.44 bits per heavy atom. The second-order valence-corrected chi connectivity index (χ2v) is 4.88. The molecule has 1 fully saturated rings. The van der Waals surface area contributed by atoms with E-state index in [9.17, 15) is 4.79 Å². The van der Waals surface area contributed by atoms with Gasteiger partial charge in [-0.15, -0.1) is 0 Å². The van der Waals surface area contributed by atoms with E-state index in [1.807, 2.05) is 11.8 Å². The Bertz CT molecular complexity index is 404. The summed E-state index contributed by atoms with van der Waals surface area (Å²) >= 11 is 1.89. The van der Waals surface area contributed by atoms with Crippen molar-refractivity contribution < 1.29 is 4.79 Å². The van der Waals surface area contributed by atoms with Gasteiger partial charge >= 0.3 is 0 Å². The Hall–Kier alpha value is -1.43. The lowest BCUT2D eigenvalue weighted by Crippen LogP contribution is -2.23. The summed E-state index contributed by atoms with van der Waals surface area (Å²) in [6.07, 6.45) is 2.60. The lowest BCUT2D eigenvalue weighted by atomic mass is 10.2. The number of hydrogen-bond donors (Lipinski definition) is 3. The monoisotopic (exact) mass is 238 g/mol. The molecule has 2 heterocycles. The van der Waals surface area contributed by atoms with Crippen molar-refractivity contribution in [3.05, 3.63) is 17.8 Å². The fourth-order valence-electron chi connectivity index (χ4n) is 1.63. The molecule has 0 spiro atoms. The lowest BCUT2D eigenvalue weighted by Gasteiger charge is -2.14. The maximum Gasteiger partial charge on any atom is 0.252 e. The molecule has 0 aliphatic carbocycles. The van der Waals surface area contributed by atoms with Gasteiger partial charge in [-0.1, -0.05) is 0 Å². The van der Waals surface area contributed by atoms with Crippen LogP contribution >= 0.6 is 11.8 Å². The number of nitrogens with zero attached hydrogens (tertiary/aromatic N) is 1. The molecule has 2 rings (SSSR count). The number of nitrogens with one attached hydrogen (secondary N) is 1. The standard InChI is InChI=1S/C10H14N4OS/c11-6-3-8(9(12)15)10(13-4-6)14-7-1-2-16-5-7/h3-4,7H,1-2,5,11H2,(H2,12,15)(H,13,14). The smallest absolute Gasteiger partial charge is 0.252 e. The highest BCUT2D eigenvalue weighted by molar-refractivity contribution is 7.99. The molecular formula is C10H14N4OS. The van der Waals surface area contributed by atoms with Gasteiger partial charge in [0, 0.05) is 11.8 Å². The van der Waals surface area contributed by atoms with Crippen LogP contribution in [0.2, 0.25) is 0 Å². The van der Waals surface area contributed by atoms with E-state index in [4.69, 9.17) is 11.5 Å². The first-order valence-corrected chi connectivity index (χ1v) is 6.22. The first-order valence-electron chi connectivity index (χ1n) is 5.06. The van der Waals surface area contributed by atoms with Crippen LogP contribution in [-0.2, 0) is 0 Å². The number of nitrogens with two attached hydrogens (primary N) is 2. The van der Waals surface area contributed by atoms with Crippen LogP contribution in [0, 0.1) is 0 Å². The van der Waals surface area contributed by atoms with Crippen LogP contribution in [0.1, 0.15) is 16.8 Å². The van der Waals surface area contributed by atoms with Gasteiger partial charge in [-0.25, -0.2) is 4.98 Å². The molecule has 86 valence electrons. The van der Waals surface area contributed by atoms with E-state index in [0.717, 1.165) is 17.9 Å². The van der Waals surface area contributed by atoms with Crippen LogP contribution in [0.3, 0.4) is 0 Å². The molecule has 1 aromatic heterocycles. The molecule has 1 amide bonds. The average molecular weight is 238 g/mol. The molecule has 0 radical (unpaired) electrons. The molecule has 1 unspecified atom stereocenters. The van der Waals surface area contributed by atoms with Gasteiger partial charge in [0.05, 0.1) is 17.4 Å². The van der Waals surface area contributed by atoms with Crippen molar-refractivity contribution in [2.75, 3.05) is 22.6 Å². The van der Waals surface area contributed by atoms with Crippen LogP contribution < -0.4 is 16.8 Å². The summed E-state index contributed by atoms with van der Waals surface area (Å²) in [5, 5.41) is 3.23. The topological polar surface area (TPSA) is 94.0 Å². The van der Waals surface area contributed by atoms with Gasteiger partial charge in [0.25, 0.3) is 5.91 Å². The summed E-state index contributed by atoms with van der Waals surface area (Å²) in [6, 6.07) is 1.92. The number of nitrogen functional groups attached to an aromatic ring is 1. The van der Waals surface area contributed by atoms with Crippen LogP contribution in [0.15, 0.2) is 12.3 Å². The van der Waals surface area contributed by atoms with E-state index in [2.05, 4.69) is 10.3 Å². The molecule has 16 heavy (non-hydrogen) atoms. The van der Waals surface area contributed by atoms with Crippen LogP contribution in [0.5, 0.6) is 0 Å². The first kappa shape index (κ1) is 11.1. The van der Waals surface area contributed by atoms with Crippen molar-refractivity contribution in [1.82, 2.24) is 4.98 Å². The maximum absolute atomic E-state index is 11.2. The number of amides is 1. The largest absolute Gasteiger partial charge is 0.397 e. The van der Waals surface area contributed by atoms with E-state index in [1.54, 1.807) is 6.07 Å². The second-order valence-electron chi connectivity index (χ2n) is 3.73. The van der Waals surface area contributed by atoms with Crippen molar-refractivity contribution >= 4 is 29.2 Å². The molecule has 1 atom stereocenters. The van der Waals surface area contributed by atoms with Gasteiger partial charge in [0.15, 0.2) is 0 Å². The minimum Gasteiger partial charge on any atom is -0.397 e. The summed E-state index contributed by atoms with van der Waals surface area (Å²) in [5.74, 6) is 2.20. The molecule has 1 aliphatic rings. The average Bonchev–Trinajstić information content (AvgIpc) is 2.73. The van der Waals surface area contributed by atoms with E-state index in [-0.39, 0.29) is 0 Å². The number of anilines is 2. The number of hydrogen-bond acceptors (Lipinski definition) is 5. The number of rotatable bonds is 3. The molecule has 0 bridgehead atoms. The SMILES string of the molecule is NC(=O)c1cc(N)cnc1NC1CCSC1. The maximum atomic E-state index is 11.2. The highest BCUT2D eigenvalue weighted by Crippen LogP contribution is 2.22. The quantitative estimate of drug-likeness (QED) is 0.720. The summed E-state index contributed by atoms with van der Waals surface area (Å²) in [4.78, 5) is 15.3. The zero-order chi connectivity index (χ0) is 11.5. The number of aromatic nitrogens is 1. The molecule has 0 saturated carbocycles. The third-order valence-corrected chi connectivity index (χ3v) is 3.61. The van der Waals surface area contributed by atoms with Crippen LogP contribution in [0.25, 0.3) is 0 Å². The zero-order valence-corrected chi connectivity index (χ0v) is 9.59. The van der Waals surface area contributed by atoms with Gasteiger partial charge in [-0.05, 0) is 18.2 Å². The Labute approximate surface area is 98.0 Å². The van der Waals surface area contributed by atoms with Crippen LogP contribution in [0.4, 0.5) is 11.5 Å². The Balaban J connectivity index is 2.21. The van der Waals surface area contributed by atoms with E-state index in [1.165, 1.54) is 6.20 Å². The lowest BCUT2D eigenvalue weighted by molar-refractivity contribution is 0.100.